The second kappa shape index (κ2) is 5.51. The Hall–Kier alpha value is -2.71. The van der Waals surface area contributed by atoms with Crippen LogP contribution in [-0.2, 0) is 4.79 Å². The van der Waals surface area contributed by atoms with Crippen LogP contribution in [0.4, 0.5) is 11.4 Å². The highest BCUT2D eigenvalue weighted by atomic mass is 16.6. The lowest BCUT2D eigenvalue weighted by molar-refractivity contribution is -0.383. The molecule has 0 aliphatic heterocycles. The normalized spacial score (nSPS) is 12.2. The van der Waals surface area contributed by atoms with Crippen LogP contribution in [0.5, 0.6) is 0 Å². The van der Waals surface area contributed by atoms with E-state index in [1.54, 1.807) is 6.92 Å². The summed E-state index contributed by atoms with van der Waals surface area (Å²) in [6.45, 7) is 2.00. The van der Waals surface area contributed by atoms with Gasteiger partial charge in [-0.3, -0.25) is 14.9 Å². The summed E-state index contributed by atoms with van der Waals surface area (Å²) >= 11 is 0. The van der Waals surface area contributed by atoms with Crippen molar-refractivity contribution in [1.82, 2.24) is 10.3 Å². The van der Waals surface area contributed by atoms with Gasteiger partial charge in [0.25, 0.3) is 0 Å². The van der Waals surface area contributed by atoms with Gasteiger partial charge in [0.2, 0.25) is 5.52 Å². The first-order valence-corrected chi connectivity index (χ1v) is 5.87. The monoisotopic (exact) mass is 280 g/mol. The highest BCUT2D eigenvalue weighted by molar-refractivity contribution is 5.93. The summed E-state index contributed by atoms with van der Waals surface area (Å²) in [5.74, 6) is -1.35. The Morgan fingerprint density at radius 3 is 2.85 bits per heavy atom. The molecule has 0 aliphatic rings. The number of anilines is 1. The number of aliphatic carboxylic acids is 1. The third-order valence-corrected chi connectivity index (χ3v) is 2.91. The molecule has 1 aromatic heterocycles. The van der Waals surface area contributed by atoms with Crippen LogP contribution >= 0.6 is 0 Å². The van der Waals surface area contributed by atoms with Crippen LogP contribution in [0.2, 0.25) is 0 Å². The molecule has 0 saturated heterocycles. The molecule has 106 valence electrons. The van der Waals surface area contributed by atoms with E-state index in [9.17, 15) is 14.9 Å². The molecular formula is C11H12N4O5. The molecule has 2 N–H and O–H groups in total. The smallest absolute Gasteiger partial charge is 0.306 e. The molecule has 1 heterocycles. The van der Waals surface area contributed by atoms with E-state index in [4.69, 9.17) is 5.11 Å². The van der Waals surface area contributed by atoms with Gasteiger partial charge in [0.05, 0.1) is 16.5 Å². The molecule has 2 aromatic rings. The van der Waals surface area contributed by atoms with E-state index in [-0.39, 0.29) is 16.7 Å². The second-order valence-corrected chi connectivity index (χ2v) is 4.31. The number of carbonyl (C=O) groups is 1. The van der Waals surface area contributed by atoms with E-state index < -0.39 is 16.8 Å². The molecule has 0 spiro atoms. The summed E-state index contributed by atoms with van der Waals surface area (Å²) in [7, 11) is 0. The van der Waals surface area contributed by atoms with Crippen LogP contribution in [0.25, 0.3) is 11.0 Å². The number of nitro benzene ring substituents is 1. The van der Waals surface area contributed by atoms with Crippen molar-refractivity contribution in [3.63, 3.8) is 0 Å². The number of nitro groups is 1. The van der Waals surface area contributed by atoms with Crippen molar-refractivity contribution in [3.8, 4) is 0 Å². The number of hydrogen-bond donors (Lipinski definition) is 2. The summed E-state index contributed by atoms with van der Waals surface area (Å²) in [5, 5.41) is 29.7. The molecular weight excluding hydrogens is 268 g/mol. The summed E-state index contributed by atoms with van der Waals surface area (Å²) in [5.41, 5.74) is 0.642. The van der Waals surface area contributed by atoms with E-state index in [2.05, 4.69) is 20.3 Å². The summed E-state index contributed by atoms with van der Waals surface area (Å²) < 4.78 is 4.52. The van der Waals surface area contributed by atoms with Gasteiger partial charge in [0.15, 0.2) is 5.52 Å². The highest BCUT2D eigenvalue weighted by Crippen LogP contribution is 2.28. The number of aromatic nitrogens is 2. The molecule has 1 unspecified atom stereocenters. The van der Waals surface area contributed by atoms with Gasteiger partial charge < -0.3 is 10.4 Å². The molecule has 1 aromatic carbocycles. The molecule has 0 radical (unpaired) electrons. The van der Waals surface area contributed by atoms with E-state index in [0.29, 0.717) is 18.7 Å². The number of benzene rings is 1. The maximum absolute atomic E-state index is 10.8. The van der Waals surface area contributed by atoms with Crippen molar-refractivity contribution in [2.45, 2.75) is 13.3 Å². The van der Waals surface area contributed by atoms with E-state index >= 15 is 0 Å². The van der Waals surface area contributed by atoms with E-state index in [1.165, 1.54) is 12.1 Å². The van der Waals surface area contributed by atoms with Crippen molar-refractivity contribution < 1.29 is 19.5 Å². The van der Waals surface area contributed by atoms with Crippen molar-refractivity contribution in [2.24, 2.45) is 5.92 Å². The number of carboxylic acids is 1. The van der Waals surface area contributed by atoms with Crippen LogP contribution < -0.4 is 5.32 Å². The number of non-ortho nitro benzene ring substituents is 1. The van der Waals surface area contributed by atoms with Crippen LogP contribution in [0.3, 0.4) is 0 Å². The van der Waals surface area contributed by atoms with E-state index in [1.807, 2.05) is 0 Å². The minimum Gasteiger partial charge on any atom is -0.481 e. The highest BCUT2D eigenvalue weighted by Gasteiger charge is 2.19. The quantitative estimate of drug-likeness (QED) is 0.603. The first-order chi connectivity index (χ1) is 9.50. The zero-order valence-corrected chi connectivity index (χ0v) is 10.6. The molecule has 20 heavy (non-hydrogen) atoms. The number of nitrogens with one attached hydrogen (secondary N) is 1. The third-order valence-electron chi connectivity index (χ3n) is 2.91. The lowest BCUT2D eigenvalue weighted by atomic mass is 10.1. The number of nitrogens with zero attached hydrogens (tertiary/aromatic N) is 3. The van der Waals surface area contributed by atoms with Gasteiger partial charge in [-0.1, -0.05) is 6.92 Å². The third kappa shape index (κ3) is 2.66. The van der Waals surface area contributed by atoms with Crippen molar-refractivity contribution in [3.05, 3.63) is 22.2 Å². The van der Waals surface area contributed by atoms with Crippen molar-refractivity contribution in [1.29, 1.82) is 0 Å². The number of carboxylic acid groups (broad SMARTS) is 1. The minimum atomic E-state index is -0.872. The Bertz CT molecular complexity index is 653. The molecule has 0 fully saturated rings. The fraction of sp³-hybridized carbons (Fsp3) is 0.364. The molecule has 9 nitrogen and oxygen atoms in total. The minimum absolute atomic E-state index is 0.0614. The molecule has 0 amide bonds. The number of hydrogen-bond acceptors (Lipinski definition) is 7. The number of fused-ring (bicyclic) bond motifs is 1. The van der Waals surface area contributed by atoms with Gasteiger partial charge >= 0.3 is 11.7 Å². The fourth-order valence-electron chi connectivity index (χ4n) is 1.69. The van der Waals surface area contributed by atoms with Gasteiger partial charge in [-0.25, -0.2) is 4.63 Å². The first-order valence-electron chi connectivity index (χ1n) is 5.87. The van der Waals surface area contributed by atoms with Gasteiger partial charge in [-0.2, -0.15) is 0 Å². The lowest BCUT2D eigenvalue weighted by Crippen LogP contribution is -2.14. The SMILES string of the molecule is CC(CCNc1ccc([N+](=O)[O-])c2nonc12)C(=O)O. The largest absolute Gasteiger partial charge is 0.481 e. The summed E-state index contributed by atoms with van der Waals surface area (Å²) in [4.78, 5) is 20.9. The zero-order valence-electron chi connectivity index (χ0n) is 10.6. The van der Waals surface area contributed by atoms with Crippen molar-refractivity contribution >= 4 is 28.4 Å². The van der Waals surface area contributed by atoms with Gasteiger partial charge in [0.1, 0.15) is 0 Å². The Kier molecular flexibility index (Phi) is 3.78. The average Bonchev–Trinajstić information content (AvgIpc) is 2.87. The average molecular weight is 280 g/mol. The Morgan fingerprint density at radius 2 is 2.20 bits per heavy atom. The molecule has 0 bridgehead atoms. The lowest BCUT2D eigenvalue weighted by Gasteiger charge is -2.08. The van der Waals surface area contributed by atoms with Gasteiger partial charge in [0, 0.05) is 12.6 Å². The van der Waals surface area contributed by atoms with Crippen LogP contribution in [0, 0.1) is 16.0 Å². The summed E-state index contributed by atoms with van der Waals surface area (Å²) in [6.07, 6.45) is 0.416. The van der Waals surface area contributed by atoms with Gasteiger partial charge in [-0.05, 0) is 22.8 Å². The number of rotatable bonds is 6. The van der Waals surface area contributed by atoms with Crippen LogP contribution in [0.15, 0.2) is 16.8 Å². The Labute approximate surface area is 112 Å². The van der Waals surface area contributed by atoms with Crippen LogP contribution in [-0.4, -0.2) is 32.9 Å². The zero-order chi connectivity index (χ0) is 14.7. The summed E-state index contributed by atoms with van der Waals surface area (Å²) in [6, 6.07) is 2.80. The Balaban J connectivity index is 2.16. The molecule has 9 heteroatoms. The Morgan fingerprint density at radius 1 is 1.50 bits per heavy atom. The van der Waals surface area contributed by atoms with E-state index in [0.717, 1.165) is 0 Å². The maximum Gasteiger partial charge on any atom is 0.306 e. The molecule has 1 atom stereocenters. The second-order valence-electron chi connectivity index (χ2n) is 4.31. The van der Waals surface area contributed by atoms with Gasteiger partial charge in [-0.15, -0.1) is 0 Å². The van der Waals surface area contributed by atoms with Crippen molar-refractivity contribution in [2.75, 3.05) is 11.9 Å². The fourth-order valence-corrected chi connectivity index (χ4v) is 1.69. The standard InChI is InChI=1S/C11H12N4O5/c1-6(11(16)17)4-5-12-7-2-3-8(15(18)19)10-9(7)13-20-14-10/h2-3,6,12H,4-5H2,1H3,(H,16,17). The predicted molar refractivity (Wildman–Crippen MR) is 68.4 cm³/mol. The maximum atomic E-state index is 10.8. The van der Waals surface area contributed by atoms with Crippen LogP contribution in [0.1, 0.15) is 13.3 Å². The molecule has 2 rings (SSSR count). The topological polar surface area (TPSA) is 131 Å². The first kappa shape index (κ1) is 13.7. The molecule has 0 saturated carbocycles. The molecule has 0 aliphatic carbocycles. The predicted octanol–water partition coefficient (Wildman–Crippen LogP) is 1.65.